The molecule has 108 valence electrons. The number of nitrogens with one attached hydrogen (secondary N) is 1. The minimum absolute atomic E-state index is 0.0538. The Morgan fingerprint density at radius 2 is 1.95 bits per heavy atom. The van der Waals surface area contributed by atoms with Crippen LogP contribution in [0.5, 0.6) is 5.75 Å². The summed E-state index contributed by atoms with van der Waals surface area (Å²) in [5.41, 5.74) is 6.91. The number of hydrogen-bond donors (Lipinski definition) is 2. The molecule has 0 atom stereocenters. The molecule has 0 radical (unpaired) electrons. The first kappa shape index (κ1) is 13.3. The average molecular weight is 274 g/mol. The number of rotatable bonds is 6. The van der Waals surface area contributed by atoms with Gasteiger partial charge in [-0.25, -0.2) is 0 Å². The van der Waals surface area contributed by atoms with Crippen LogP contribution in [0, 0.1) is 17.8 Å². The molecule has 20 heavy (non-hydrogen) atoms. The van der Waals surface area contributed by atoms with Gasteiger partial charge < -0.3 is 15.8 Å². The highest BCUT2D eigenvalue weighted by Crippen LogP contribution is 2.48. The second kappa shape index (κ2) is 5.35. The van der Waals surface area contributed by atoms with E-state index in [-0.39, 0.29) is 5.91 Å². The minimum Gasteiger partial charge on any atom is -0.497 e. The molecular weight excluding hydrogens is 252 g/mol. The molecule has 2 aliphatic carbocycles. The van der Waals surface area contributed by atoms with E-state index >= 15 is 0 Å². The SMILES string of the molecule is COc1cc(N)cc(C(=O)NCC(C2CC2)C2CC2)c1. The molecule has 4 nitrogen and oxygen atoms in total. The van der Waals surface area contributed by atoms with Crippen LogP contribution in [-0.2, 0) is 0 Å². The number of ether oxygens (including phenoxy) is 1. The number of nitrogens with two attached hydrogens (primary N) is 1. The van der Waals surface area contributed by atoms with Crippen LogP contribution in [0.3, 0.4) is 0 Å². The first-order chi connectivity index (χ1) is 9.67. The molecule has 0 bridgehead atoms. The molecule has 2 fully saturated rings. The summed E-state index contributed by atoms with van der Waals surface area (Å²) in [5, 5.41) is 3.07. The monoisotopic (exact) mass is 274 g/mol. The average Bonchev–Trinajstić information content (AvgIpc) is 3.30. The van der Waals surface area contributed by atoms with Crippen LogP contribution in [0.25, 0.3) is 0 Å². The number of benzene rings is 1. The summed E-state index contributed by atoms with van der Waals surface area (Å²) >= 11 is 0. The number of amides is 1. The highest BCUT2D eigenvalue weighted by Gasteiger charge is 2.41. The molecule has 0 unspecified atom stereocenters. The third-order valence-electron chi connectivity index (χ3n) is 4.38. The lowest BCUT2D eigenvalue weighted by Gasteiger charge is -2.16. The van der Waals surface area contributed by atoms with Crippen LogP contribution >= 0.6 is 0 Å². The van der Waals surface area contributed by atoms with Crippen LogP contribution in [-0.4, -0.2) is 19.6 Å². The molecule has 3 N–H and O–H groups in total. The number of hydrogen-bond acceptors (Lipinski definition) is 3. The maximum atomic E-state index is 12.2. The Labute approximate surface area is 119 Å². The molecule has 2 aliphatic rings. The fraction of sp³-hybridized carbons (Fsp3) is 0.562. The predicted molar refractivity (Wildman–Crippen MR) is 78.7 cm³/mol. The lowest BCUT2D eigenvalue weighted by Crippen LogP contribution is -2.31. The zero-order chi connectivity index (χ0) is 14.1. The Kier molecular flexibility index (Phi) is 3.55. The van der Waals surface area contributed by atoms with Crippen molar-refractivity contribution < 1.29 is 9.53 Å². The molecule has 4 heteroatoms. The van der Waals surface area contributed by atoms with E-state index in [9.17, 15) is 4.79 Å². The third kappa shape index (κ3) is 3.06. The molecule has 1 aromatic rings. The van der Waals surface area contributed by atoms with Gasteiger partial charge in [-0.2, -0.15) is 0 Å². The standard InChI is InChI=1S/C16H22N2O2/c1-20-14-7-12(6-13(17)8-14)16(19)18-9-15(10-2-3-10)11-4-5-11/h6-8,10-11,15H,2-5,9,17H2,1H3,(H,18,19). The Hall–Kier alpha value is -1.71. The summed E-state index contributed by atoms with van der Waals surface area (Å²) in [6, 6.07) is 5.14. The van der Waals surface area contributed by atoms with Crippen LogP contribution in [0.15, 0.2) is 18.2 Å². The Balaban J connectivity index is 1.62. The molecule has 1 aromatic carbocycles. The molecule has 3 rings (SSSR count). The van der Waals surface area contributed by atoms with Crippen molar-refractivity contribution in [3.63, 3.8) is 0 Å². The van der Waals surface area contributed by atoms with Crippen molar-refractivity contribution in [2.75, 3.05) is 19.4 Å². The number of carbonyl (C=O) groups is 1. The van der Waals surface area contributed by atoms with E-state index in [0.29, 0.717) is 22.9 Å². The lowest BCUT2D eigenvalue weighted by molar-refractivity contribution is 0.0943. The summed E-state index contributed by atoms with van der Waals surface area (Å²) in [6.07, 6.45) is 5.35. The van der Waals surface area contributed by atoms with Gasteiger partial charge in [-0.05, 0) is 55.6 Å². The van der Waals surface area contributed by atoms with E-state index in [1.165, 1.54) is 25.7 Å². The molecule has 1 amide bonds. The van der Waals surface area contributed by atoms with Crippen LogP contribution < -0.4 is 15.8 Å². The largest absolute Gasteiger partial charge is 0.497 e. The molecule has 0 aliphatic heterocycles. The quantitative estimate of drug-likeness (QED) is 0.783. The highest BCUT2D eigenvalue weighted by atomic mass is 16.5. The Morgan fingerprint density at radius 3 is 2.50 bits per heavy atom. The van der Waals surface area contributed by atoms with Crippen molar-refractivity contribution in [1.29, 1.82) is 0 Å². The minimum atomic E-state index is -0.0538. The first-order valence-corrected chi connectivity index (χ1v) is 7.40. The maximum Gasteiger partial charge on any atom is 0.251 e. The van der Waals surface area contributed by atoms with Crippen LogP contribution in [0.4, 0.5) is 5.69 Å². The van der Waals surface area contributed by atoms with Gasteiger partial charge in [-0.15, -0.1) is 0 Å². The van der Waals surface area contributed by atoms with E-state index in [1.54, 1.807) is 25.3 Å². The zero-order valence-corrected chi connectivity index (χ0v) is 11.9. The van der Waals surface area contributed by atoms with E-state index in [4.69, 9.17) is 10.5 Å². The van der Waals surface area contributed by atoms with Gasteiger partial charge >= 0.3 is 0 Å². The number of methoxy groups -OCH3 is 1. The molecule has 0 spiro atoms. The van der Waals surface area contributed by atoms with Crippen molar-refractivity contribution >= 4 is 11.6 Å². The van der Waals surface area contributed by atoms with E-state index in [1.807, 2.05) is 0 Å². The van der Waals surface area contributed by atoms with Gasteiger partial charge in [-0.1, -0.05) is 0 Å². The van der Waals surface area contributed by atoms with Gasteiger partial charge in [0.05, 0.1) is 7.11 Å². The van der Waals surface area contributed by atoms with E-state index < -0.39 is 0 Å². The lowest BCUT2D eigenvalue weighted by atomic mass is 9.98. The molecule has 0 aromatic heterocycles. The fourth-order valence-corrected chi connectivity index (χ4v) is 2.95. The van der Waals surface area contributed by atoms with E-state index in [0.717, 1.165) is 18.4 Å². The Bertz CT molecular complexity index is 495. The number of anilines is 1. The topological polar surface area (TPSA) is 64.3 Å². The second-order valence-corrected chi connectivity index (χ2v) is 6.04. The zero-order valence-electron chi connectivity index (χ0n) is 11.9. The highest BCUT2D eigenvalue weighted by molar-refractivity contribution is 5.95. The van der Waals surface area contributed by atoms with Gasteiger partial charge in [0.1, 0.15) is 5.75 Å². The summed E-state index contributed by atoms with van der Waals surface area (Å²) < 4.78 is 5.15. The Morgan fingerprint density at radius 1 is 1.30 bits per heavy atom. The van der Waals surface area contributed by atoms with Crippen molar-refractivity contribution in [2.45, 2.75) is 25.7 Å². The molecule has 0 heterocycles. The van der Waals surface area contributed by atoms with E-state index in [2.05, 4.69) is 5.32 Å². The maximum absolute atomic E-state index is 12.2. The predicted octanol–water partition coefficient (Wildman–Crippen LogP) is 2.44. The second-order valence-electron chi connectivity index (χ2n) is 6.04. The van der Waals surface area contributed by atoms with Crippen molar-refractivity contribution in [1.82, 2.24) is 5.32 Å². The van der Waals surface area contributed by atoms with Crippen molar-refractivity contribution in [3.05, 3.63) is 23.8 Å². The molecule has 2 saturated carbocycles. The van der Waals surface area contributed by atoms with Gasteiger partial charge in [-0.3, -0.25) is 4.79 Å². The summed E-state index contributed by atoms with van der Waals surface area (Å²) in [6.45, 7) is 0.797. The van der Waals surface area contributed by atoms with Gasteiger partial charge in [0.15, 0.2) is 0 Å². The third-order valence-corrected chi connectivity index (χ3v) is 4.38. The van der Waals surface area contributed by atoms with Crippen molar-refractivity contribution in [3.8, 4) is 5.75 Å². The number of nitrogen functional groups attached to an aromatic ring is 1. The summed E-state index contributed by atoms with van der Waals surface area (Å²) in [7, 11) is 1.58. The smallest absolute Gasteiger partial charge is 0.251 e. The van der Waals surface area contributed by atoms with Crippen LogP contribution in [0.2, 0.25) is 0 Å². The number of carbonyl (C=O) groups excluding carboxylic acids is 1. The van der Waals surface area contributed by atoms with Gasteiger partial charge in [0.25, 0.3) is 5.91 Å². The fourth-order valence-electron chi connectivity index (χ4n) is 2.95. The molecular formula is C16H22N2O2. The van der Waals surface area contributed by atoms with Crippen LogP contribution in [0.1, 0.15) is 36.0 Å². The van der Waals surface area contributed by atoms with Gasteiger partial charge in [0, 0.05) is 23.9 Å². The summed E-state index contributed by atoms with van der Waals surface area (Å²) in [5.74, 6) is 2.94. The normalized spacial score (nSPS) is 18.1. The van der Waals surface area contributed by atoms with Crippen molar-refractivity contribution in [2.24, 2.45) is 17.8 Å². The molecule has 0 saturated heterocycles. The first-order valence-electron chi connectivity index (χ1n) is 7.40. The summed E-state index contributed by atoms with van der Waals surface area (Å²) in [4.78, 5) is 12.2. The van der Waals surface area contributed by atoms with Gasteiger partial charge in [0.2, 0.25) is 0 Å².